The summed E-state index contributed by atoms with van der Waals surface area (Å²) < 4.78 is 31.1. The highest BCUT2D eigenvalue weighted by atomic mass is 19.1. The number of anilines is 2. The lowest BCUT2D eigenvalue weighted by Gasteiger charge is -2.20. The molecule has 6 heteroatoms. The average molecular weight is 272 g/mol. The Bertz CT molecular complexity index is 464. The smallest absolute Gasteiger partial charge is 0.328 e. The summed E-state index contributed by atoms with van der Waals surface area (Å²) >= 11 is 0. The van der Waals surface area contributed by atoms with E-state index < -0.39 is 23.6 Å². The quantitative estimate of drug-likeness (QED) is 0.638. The van der Waals surface area contributed by atoms with Gasteiger partial charge in [0.05, 0.1) is 18.5 Å². The lowest BCUT2D eigenvalue weighted by atomic mass is 10.0. The Hall–Kier alpha value is -1.85. The molecule has 106 valence electrons. The molecule has 0 bridgehead atoms. The molecule has 0 amide bonds. The number of ether oxygens (including phenoxy) is 1. The first-order valence-electron chi connectivity index (χ1n) is 5.94. The number of esters is 1. The van der Waals surface area contributed by atoms with E-state index in [1.54, 1.807) is 0 Å². The summed E-state index contributed by atoms with van der Waals surface area (Å²) in [6, 6.07) is 1.04. The molecule has 4 nitrogen and oxygen atoms in total. The summed E-state index contributed by atoms with van der Waals surface area (Å²) in [5, 5.41) is 2.73. The number of benzene rings is 1. The van der Waals surface area contributed by atoms with Gasteiger partial charge in [-0.2, -0.15) is 0 Å². The number of rotatable bonds is 5. The molecule has 1 atom stereocenters. The van der Waals surface area contributed by atoms with Crippen LogP contribution in [0, 0.1) is 17.6 Å². The molecule has 0 aliphatic heterocycles. The van der Waals surface area contributed by atoms with Crippen LogP contribution >= 0.6 is 0 Å². The third kappa shape index (κ3) is 4.08. The van der Waals surface area contributed by atoms with Crippen molar-refractivity contribution in [1.82, 2.24) is 0 Å². The van der Waals surface area contributed by atoms with Crippen molar-refractivity contribution in [3.63, 3.8) is 0 Å². The van der Waals surface area contributed by atoms with Crippen LogP contribution < -0.4 is 11.1 Å². The number of carbonyl (C=O) groups is 1. The van der Waals surface area contributed by atoms with Gasteiger partial charge in [-0.05, 0) is 18.4 Å². The second kappa shape index (κ2) is 6.36. The van der Waals surface area contributed by atoms with Crippen LogP contribution in [0.1, 0.15) is 20.3 Å². The van der Waals surface area contributed by atoms with E-state index in [-0.39, 0.29) is 17.3 Å². The first kappa shape index (κ1) is 15.2. The van der Waals surface area contributed by atoms with Gasteiger partial charge in [-0.25, -0.2) is 13.6 Å². The topological polar surface area (TPSA) is 64.3 Å². The molecular formula is C13H18F2N2O2. The van der Waals surface area contributed by atoms with Gasteiger partial charge in [0.15, 0.2) is 5.82 Å². The van der Waals surface area contributed by atoms with Gasteiger partial charge in [-0.3, -0.25) is 0 Å². The van der Waals surface area contributed by atoms with Crippen LogP contribution in [-0.2, 0) is 9.53 Å². The maximum atomic E-state index is 13.3. The van der Waals surface area contributed by atoms with E-state index in [4.69, 9.17) is 5.73 Å². The van der Waals surface area contributed by atoms with E-state index in [0.717, 1.165) is 6.07 Å². The molecule has 1 aromatic carbocycles. The number of nitrogens with two attached hydrogens (primary N) is 1. The molecule has 0 saturated heterocycles. The van der Waals surface area contributed by atoms with Crippen LogP contribution in [0.4, 0.5) is 20.2 Å². The molecule has 0 fully saturated rings. The minimum atomic E-state index is -0.865. The molecule has 1 aromatic rings. The molecule has 0 aromatic heterocycles. The Morgan fingerprint density at radius 1 is 1.42 bits per heavy atom. The SMILES string of the molecule is COC(=O)C(CC(C)C)Nc1cc(F)cc(F)c1N. The maximum absolute atomic E-state index is 13.3. The van der Waals surface area contributed by atoms with Crippen LogP contribution in [0.5, 0.6) is 0 Å². The number of methoxy groups -OCH3 is 1. The van der Waals surface area contributed by atoms with E-state index in [1.165, 1.54) is 7.11 Å². The number of halogens is 2. The fourth-order valence-corrected chi connectivity index (χ4v) is 1.72. The lowest BCUT2D eigenvalue weighted by molar-refractivity contribution is -0.141. The van der Waals surface area contributed by atoms with Gasteiger partial charge in [0.25, 0.3) is 0 Å². The predicted octanol–water partition coefficient (Wildman–Crippen LogP) is 2.55. The van der Waals surface area contributed by atoms with Crippen molar-refractivity contribution in [2.24, 2.45) is 5.92 Å². The van der Waals surface area contributed by atoms with Crippen molar-refractivity contribution < 1.29 is 18.3 Å². The van der Waals surface area contributed by atoms with Gasteiger partial charge in [0.1, 0.15) is 11.9 Å². The second-order valence-electron chi connectivity index (χ2n) is 4.70. The second-order valence-corrected chi connectivity index (χ2v) is 4.70. The van der Waals surface area contributed by atoms with Crippen molar-refractivity contribution in [2.45, 2.75) is 26.3 Å². The molecule has 1 rings (SSSR count). The standard InChI is InChI=1S/C13H18F2N2O2/c1-7(2)4-11(13(18)19-3)17-10-6-8(14)5-9(15)12(10)16/h5-7,11,17H,4,16H2,1-3H3. The van der Waals surface area contributed by atoms with Gasteiger partial charge >= 0.3 is 5.97 Å². The molecule has 0 radical (unpaired) electrons. The molecule has 0 heterocycles. The van der Waals surface area contributed by atoms with Crippen molar-refractivity contribution in [3.8, 4) is 0 Å². The van der Waals surface area contributed by atoms with Crippen LogP contribution in [0.25, 0.3) is 0 Å². The summed E-state index contributed by atoms with van der Waals surface area (Å²) in [5.74, 6) is -1.92. The largest absolute Gasteiger partial charge is 0.467 e. The molecule has 0 spiro atoms. The summed E-state index contributed by atoms with van der Waals surface area (Å²) in [5.41, 5.74) is 5.34. The first-order valence-corrected chi connectivity index (χ1v) is 5.94. The number of nitrogens with one attached hydrogen (secondary N) is 1. The third-order valence-corrected chi connectivity index (χ3v) is 2.62. The highest BCUT2D eigenvalue weighted by Gasteiger charge is 2.22. The summed E-state index contributed by atoms with van der Waals surface area (Å²) in [6.07, 6.45) is 0.463. The monoisotopic (exact) mass is 272 g/mol. The van der Waals surface area contributed by atoms with Gasteiger partial charge in [-0.15, -0.1) is 0 Å². The summed E-state index contributed by atoms with van der Waals surface area (Å²) in [7, 11) is 1.26. The number of hydrogen-bond acceptors (Lipinski definition) is 4. The zero-order chi connectivity index (χ0) is 14.6. The van der Waals surface area contributed by atoms with Crippen molar-refractivity contribution in [2.75, 3.05) is 18.2 Å². The average Bonchev–Trinajstić information content (AvgIpc) is 2.32. The normalized spacial score (nSPS) is 12.3. The Labute approximate surface area is 110 Å². The van der Waals surface area contributed by atoms with Crippen LogP contribution in [0.15, 0.2) is 12.1 Å². The fourth-order valence-electron chi connectivity index (χ4n) is 1.72. The summed E-state index contributed by atoms with van der Waals surface area (Å²) in [6.45, 7) is 3.85. The molecule has 19 heavy (non-hydrogen) atoms. The fraction of sp³-hybridized carbons (Fsp3) is 0.462. The summed E-state index contributed by atoms with van der Waals surface area (Å²) in [4.78, 5) is 11.6. The number of nitrogen functional groups attached to an aromatic ring is 1. The predicted molar refractivity (Wildman–Crippen MR) is 69.7 cm³/mol. The number of hydrogen-bond donors (Lipinski definition) is 2. The van der Waals surface area contributed by atoms with E-state index in [9.17, 15) is 13.6 Å². The Balaban J connectivity index is 2.99. The molecule has 1 unspecified atom stereocenters. The Morgan fingerprint density at radius 3 is 2.58 bits per heavy atom. The van der Waals surface area contributed by atoms with Crippen molar-refractivity contribution >= 4 is 17.3 Å². The van der Waals surface area contributed by atoms with E-state index in [0.29, 0.717) is 12.5 Å². The lowest BCUT2D eigenvalue weighted by Crippen LogP contribution is -2.32. The highest BCUT2D eigenvalue weighted by Crippen LogP contribution is 2.25. The van der Waals surface area contributed by atoms with Crippen molar-refractivity contribution in [1.29, 1.82) is 0 Å². The molecule has 0 aliphatic rings. The van der Waals surface area contributed by atoms with Crippen LogP contribution in [-0.4, -0.2) is 19.1 Å². The Morgan fingerprint density at radius 2 is 2.05 bits per heavy atom. The van der Waals surface area contributed by atoms with Crippen LogP contribution in [0.3, 0.4) is 0 Å². The maximum Gasteiger partial charge on any atom is 0.328 e. The van der Waals surface area contributed by atoms with Crippen molar-refractivity contribution in [3.05, 3.63) is 23.8 Å². The molecular weight excluding hydrogens is 254 g/mol. The zero-order valence-electron chi connectivity index (χ0n) is 11.2. The zero-order valence-corrected chi connectivity index (χ0v) is 11.2. The van der Waals surface area contributed by atoms with Gasteiger partial charge in [0.2, 0.25) is 0 Å². The minimum absolute atomic E-state index is 0.0496. The third-order valence-electron chi connectivity index (χ3n) is 2.62. The number of carbonyl (C=O) groups excluding carboxylic acids is 1. The van der Waals surface area contributed by atoms with Gasteiger partial charge < -0.3 is 15.8 Å². The van der Waals surface area contributed by atoms with E-state index in [1.807, 2.05) is 13.8 Å². The van der Waals surface area contributed by atoms with Gasteiger partial charge in [-0.1, -0.05) is 13.8 Å². The first-order chi connectivity index (χ1) is 8.85. The van der Waals surface area contributed by atoms with Gasteiger partial charge in [0, 0.05) is 6.07 Å². The Kier molecular flexibility index (Phi) is 5.09. The van der Waals surface area contributed by atoms with Crippen LogP contribution in [0.2, 0.25) is 0 Å². The molecule has 0 saturated carbocycles. The minimum Gasteiger partial charge on any atom is -0.467 e. The highest BCUT2D eigenvalue weighted by molar-refractivity contribution is 5.81. The van der Waals surface area contributed by atoms with E-state index >= 15 is 0 Å². The van der Waals surface area contributed by atoms with E-state index in [2.05, 4.69) is 10.1 Å². The molecule has 3 N–H and O–H groups in total. The molecule has 0 aliphatic carbocycles.